The van der Waals surface area contributed by atoms with Gasteiger partial charge in [-0.05, 0) is 55.5 Å². The second-order valence-corrected chi connectivity index (χ2v) is 12.4. The van der Waals surface area contributed by atoms with E-state index in [0.29, 0.717) is 28.0 Å². The summed E-state index contributed by atoms with van der Waals surface area (Å²) < 4.78 is 3.26. The molecule has 0 saturated heterocycles. The van der Waals surface area contributed by atoms with Gasteiger partial charge in [-0.25, -0.2) is 9.50 Å². The number of hydrogen-bond acceptors (Lipinski definition) is 7. The van der Waals surface area contributed by atoms with E-state index in [-0.39, 0.29) is 20.9 Å². The lowest BCUT2D eigenvalue weighted by Gasteiger charge is -2.21. The Morgan fingerprint density at radius 3 is 2.64 bits per heavy atom. The fourth-order valence-electron chi connectivity index (χ4n) is 4.80. The average Bonchev–Trinajstić information content (AvgIpc) is 3.62. The zero-order valence-corrected chi connectivity index (χ0v) is 25.6. The highest BCUT2D eigenvalue weighted by molar-refractivity contribution is 14.1. The number of nitrogens with one attached hydrogen (secondary N) is 1. The number of pyridine rings is 1. The highest BCUT2D eigenvalue weighted by Gasteiger charge is 2.24. The molecule has 0 fully saturated rings. The number of para-hydroxylation sites is 1. The van der Waals surface area contributed by atoms with Crippen LogP contribution in [0.15, 0.2) is 83.4 Å². The van der Waals surface area contributed by atoms with Crippen molar-refractivity contribution in [3.63, 3.8) is 0 Å². The molecule has 11 heteroatoms. The van der Waals surface area contributed by atoms with Gasteiger partial charge in [0, 0.05) is 23.1 Å². The molecule has 0 saturated carbocycles. The number of nitrogens with two attached hydrogens (primary N) is 1. The van der Waals surface area contributed by atoms with Gasteiger partial charge in [0.1, 0.15) is 5.56 Å². The maximum absolute atomic E-state index is 14.2. The first-order chi connectivity index (χ1) is 20.3. The average molecular weight is 686 g/mol. The standard InChI is InChI=1S/C31H24IN7O2S/c1-18(32)24-13-14-38-29(36-24)27(28(33)37-38)30(40)35-19(2)25-15-21-8-6-7-20(11-12-23-16-34-17-42-23)26(21)31(41)39(25)22-9-4-3-5-10-22/h3-10,13-19H,1-2H3,(H2,33,37)(H,35,40). The molecule has 0 spiro atoms. The van der Waals surface area contributed by atoms with Gasteiger partial charge in [-0.3, -0.25) is 19.1 Å². The Balaban J connectivity index is 1.46. The highest BCUT2D eigenvalue weighted by atomic mass is 127. The van der Waals surface area contributed by atoms with Crippen molar-refractivity contribution < 1.29 is 4.79 Å². The van der Waals surface area contributed by atoms with Crippen LogP contribution < -0.4 is 16.6 Å². The van der Waals surface area contributed by atoms with E-state index in [1.54, 1.807) is 22.5 Å². The van der Waals surface area contributed by atoms with E-state index < -0.39 is 11.9 Å². The van der Waals surface area contributed by atoms with Gasteiger partial charge in [-0.15, -0.1) is 16.4 Å². The molecule has 0 aliphatic rings. The minimum Gasteiger partial charge on any atom is -0.381 e. The molecule has 9 nitrogen and oxygen atoms in total. The minimum absolute atomic E-state index is 0.0774. The predicted octanol–water partition coefficient (Wildman–Crippen LogP) is 5.46. The topological polar surface area (TPSA) is 120 Å². The number of thiazole rings is 1. The van der Waals surface area contributed by atoms with E-state index >= 15 is 0 Å². The fraction of sp³-hybridized carbons (Fsp3) is 0.129. The Hall–Kier alpha value is -4.54. The number of benzene rings is 2. The molecule has 208 valence electrons. The summed E-state index contributed by atoms with van der Waals surface area (Å²) >= 11 is 3.70. The van der Waals surface area contributed by atoms with Gasteiger partial charge in [-0.2, -0.15) is 0 Å². The number of halogens is 1. The van der Waals surface area contributed by atoms with Crippen LogP contribution in [0, 0.1) is 11.8 Å². The molecule has 2 atom stereocenters. The molecule has 4 aromatic heterocycles. The summed E-state index contributed by atoms with van der Waals surface area (Å²) in [6.45, 7) is 3.85. The second kappa shape index (κ2) is 11.4. The Bertz CT molecular complexity index is 2070. The number of carbonyl (C=O) groups is 1. The summed E-state index contributed by atoms with van der Waals surface area (Å²) in [5.41, 5.74) is 10.9. The zero-order valence-electron chi connectivity index (χ0n) is 22.6. The third kappa shape index (κ3) is 5.15. The van der Waals surface area contributed by atoms with Crippen molar-refractivity contribution in [3.8, 4) is 17.5 Å². The summed E-state index contributed by atoms with van der Waals surface area (Å²) in [6.07, 6.45) is 3.44. The lowest BCUT2D eigenvalue weighted by atomic mass is 10.0. The molecule has 0 aliphatic carbocycles. The Morgan fingerprint density at radius 1 is 1.10 bits per heavy atom. The van der Waals surface area contributed by atoms with Crippen molar-refractivity contribution in [2.24, 2.45) is 0 Å². The number of hydrogen-bond donors (Lipinski definition) is 2. The van der Waals surface area contributed by atoms with Crippen molar-refractivity contribution in [2.45, 2.75) is 23.8 Å². The zero-order chi connectivity index (χ0) is 29.4. The largest absolute Gasteiger partial charge is 0.381 e. The number of alkyl halides is 1. The maximum atomic E-state index is 14.2. The lowest BCUT2D eigenvalue weighted by molar-refractivity contribution is 0.0941. The minimum atomic E-state index is -0.581. The van der Waals surface area contributed by atoms with Crippen molar-refractivity contribution in [1.82, 2.24) is 29.5 Å². The first kappa shape index (κ1) is 27.6. The van der Waals surface area contributed by atoms with Gasteiger partial charge in [0.2, 0.25) is 0 Å². The molecule has 6 rings (SSSR count). The fourth-order valence-corrected chi connectivity index (χ4v) is 5.61. The van der Waals surface area contributed by atoms with Crippen LogP contribution in [-0.4, -0.2) is 30.1 Å². The Kier molecular flexibility index (Phi) is 7.49. The van der Waals surface area contributed by atoms with E-state index in [1.807, 2.05) is 74.5 Å². The van der Waals surface area contributed by atoms with Crippen LogP contribution >= 0.6 is 33.9 Å². The van der Waals surface area contributed by atoms with Crippen LogP contribution in [0.25, 0.3) is 22.1 Å². The molecule has 42 heavy (non-hydrogen) atoms. The van der Waals surface area contributed by atoms with Gasteiger partial charge in [-0.1, -0.05) is 58.8 Å². The predicted molar refractivity (Wildman–Crippen MR) is 173 cm³/mol. The van der Waals surface area contributed by atoms with Gasteiger partial charge in [0.15, 0.2) is 11.5 Å². The quantitative estimate of drug-likeness (QED) is 0.141. The summed E-state index contributed by atoms with van der Waals surface area (Å²) in [5, 5.41) is 8.53. The van der Waals surface area contributed by atoms with Gasteiger partial charge >= 0.3 is 0 Å². The van der Waals surface area contributed by atoms with Crippen molar-refractivity contribution in [3.05, 3.63) is 116 Å². The van der Waals surface area contributed by atoms with E-state index in [1.165, 1.54) is 15.9 Å². The summed E-state index contributed by atoms with van der Waals surface area (Å²) in [6, 6.07) is 18.1. The van der Waals surface area contributed by atoms with Crippen LogP contribution in [0.5, 0.6) is 0 Å². The Labute approximate surface area is 258 Å². The van der Waals surface area contributed by atoms with E-state index in [9.17, 15) is 9.59 Å². The first-order valence-corrected chi connectivity index (χ1v) is 15.2. The number of fused-ring (bicyclic) bond motifs is 2. The van der Waals surface area contributed by atoms with Crippen molar-refractivity contribution in [2.75, 3.05) is 5.73 Å². The molecule has 2 unspecified atom stereocenters. The molecular formula is C31H24IN7O2S. The molecule has 0 radical (unpaired) electrons. The molecule has 4 heterocycles. The number of carbonyl (C=O) groups excluding carboxylic acids is 1. The number of aromatic nitrogens is 5. The number of nitrogen functional groups attached to an aromatic ring is 1. The number of anilines is 1. The van der Waals surface area contributed by atoms with Crippen LogP contribution in [0.1, 0.15) is 56.0 Å². The van der Waals surface area contributed by atoms with E-state index in [0.717, 1.165) is 16.0 Å². The molecule has 0 bridgehead atoms. The molecule has 6 aromatic rings. The van der Waals surface area contributed by atoms with E-state index in [4.69, 9.17) is 5.73 Å². The van der Waals surface area contributed by atoms with Crippen LogP contribution in [0.3, 0.4) is 0 Å². The van der Waals surface area contributed by atoms with E-state index in [2.05, 4.69) is 54.8 Å². The smallest absolute Gasteiger partial charge is 0.264 e. The summed E-state index contributed by atoms with van der Waals surface area (Å²) in [7, 11) is 0. The van der Waals surface area contributed by atoms with Crippen LogP contribution in [-0.2, 0) is 0 Å². The third-order valence-corrected chi connectivity index (χ3v) is 8.13. The third-order valence-electron chi connectivity index (χ3n) is 6.80. The maximum Gasteiger partial charge on any atom is 0.264 e. The SMILES string of the molecule is CC(I)c1ccn2nc(N)c(C(=O)NC(C)c3cc4cccc(C#Cc5cncs5)c4c(=O)n3-c3ccccc3)c2n1. The molecular weight excluding hydrogens is 661 g/mol. The Morgan fingerprint density at radius 2 is 1.90 bits per heavy atom. The lowest BCUT2D eigenvalue weighted by Crippen LogP contribution is -2.32. The number of amides is 1. The van der Waals surface area contributed by atoms with Gasteiger partial charge < -0.3 is 11.1 Å². The summed E-state index contributed by atoms with van der Waals surface area (Å²) in [4.78, 5) is 37.4. The first-order valence-electron chi connectivity index (χ1n) is 13.1. The number of rotatable bonds is 5. The molecule has 2 aromatic carbocycles. The molecule has 3 N–H and O–H groups in total. The monoisotopic (exact) mass is 685 g/mol. The van der Waals surface area contributed by atoms with Gasteiger partial charge in [0.05, 0.1) is 37.6 Å². The van der Waals surface area contributed by atoms with Crippen LogP contribution in [0.4, 0.5) is 5.82 Å². The highest BCUT2D eigenvalue weighted by Crippen LogP contribution is 2.26. The second-order valence-electron chi connectivity index (χ2n) is 9.62. The number of nitrogens with zero attached hydrogens (tertiary/aromatic N) is 5. The normalized spacial score (nSPS) is 12.5. The van der Waals surface area contributed by atoms with Crippen molar-refractivity contribution in [1.29, 1.82) is 0 Å². The molecule has 1 amide bonds. The van der Waals surface area contributed by atoms with Gasteiger partial charge in [0.25, 0.3) is 11.5 Å². The molecule has 0 aliphatic heterocycles. The van der Waals surface area contributed by atoms with Crippen molar-refractivity contribution >= 4 is 62.1 Å². The summed E-state index contributed by atoms with van der Waals surface area (Å²) in [5.74, 6) is 5.90. The van der Waals surface area contributed by atoms with Crippen LogP contribution in [0.2, 0.25) is 0 Å².